The van der Waals surface area contributed by atoms with Crippen molar-refractivity contribution in [1.29, 1.82) is 0 Å². The van der Waals surface area contributed by atoms with E-state index >= 15 is 0 Å². The second kappa shape index (κ2) is 10.1. The average molecular weight is 539 g/mol. The SMILES string of the molecule is Cc1cccc(C)c1COc1cccc(-c2c3cccc(C(F)(F)F)c3nn2Cc2ccc(F)cc2Cl)c1. The first-order chi connectivity index (χ1) is 18.1. The van der Waals surface area contributed by atoms with Crippen LogP contribution in [-0.2, 0) is 19.3 Å². The molecule has 1 heterocycles. The summed E-state index contributed by atoms with van der Waals surface area (Å²) in [4.78, 5) is 0. The molecule has 0 aliphatic rings. The molecule has 5 aromatic rings. The van der Waals surface area contributed by atoms with E-state index in [1.807, 2.05) is 32.0 Å². The van der Waals surface area contributed by atoms with Gasteiger partial charge in [-0.3, -0.25) is 4.68 Å². The number of ether oxygens (including phenoxy) is 1. The quantitative estimate of drug-likeness (QED) is 0.202. The van der Waals surface area contributed by atoms with Gasteiger partial charge in [0, 0.05) is 16.0 Å². The summed E-state index contributed by atoms with van der Waals surface area (Å²) in [7, 11) is 0. The van der Waals surface area contributed by atoms with Gasteiger partial charge in [0.2, 0.25) is 0 Å². The van der Waals surface area contributed by atoms with Crippen LogP contribution in [-0.4, -0.2) is 9.78 Å². The lowest BCUT2D eigenvalue weighted by Gasteiger charge is -2.13. The molecule has 1 aromatic heterocycles. The van der Waals surface area contributed by atoms with E-state index in [-0.39, 0.29) is 17.1 Å². The molecule has 0 aliphatic heterocycles. The number of nitrogens with zero attached hydrogens (tertiary/aromatic N) is 2. The minimum atomic E-state index is -4.58. The Labute approximate surface area is 222 Å². The van der Waals surface area contributed by atoms with Crippen molar-refractivity contribution in [3.8, 4) is 17.0 Å². The van der Waals surface area contributed by atoms with Crippen LogP contribution < -0.4 is 4.74 Å². The standard InChI is InChI=1S/C30H23ClF4N2O/c1-18-6-3-7-19(2)25(18)17-38-23-9-4-8-20(14-23)29-24-10-5-11-26(30(33,34)35)28(24)36-37(29)16-21-12-13-22(32)15-27(21)31/h3-15H,16-17H2,1-2H3. The summed E-state index contributed by atoms with van der Waals surface area (Å²) in [6.45, 7) is 4.44. The van der Waals surface area contributed by atoms with Gasteiger partial charge < -0.3 is 4.74 Å². The minimum absolute atomic E-state index is 0.0495. The maximum absolute atomic E-state index is 13.9. The zero-order valence-electron chi connectivity index (χ0n) is 20.6. The van der Waals surface area contributed by atoms with Crippen LogP contribution in [0.15, 0.2) is 78.9 Å². The lowest BCUT2D eigenvalue weighted by atomic mass is 10.0. The zero-order chi connectivity index (χ0) is 27.0. The van der Waals surface area contributed by atoms with Gasteiger partial charge in [0.15, 0.2) is 0 Å². The average Bonchev–Trinajstić information content (AvgIpc) is 3.23. The number of benzene rings is 4. The van der Waals surface area contributed by atoms with Gasteiger partial charge in [-0.15, -0.1) is 0 Å². The Hall–Kier alpha value is -3.84. The second-order valence-corrected chi connectivity index (χ2v) is 9.54. The number of hydrogen-bond acceptors (Lipinski definition) is 2. The summed E-state index contributed by atoms with van der Waals surface area (Å²) in [5.41, 5.74) is 3.93. The molecule has 0 radical (unpaired) electrons. The normalized spacial score (nSPS) is 11.8. The topological polar surface area (TPSA) is 27.1 Å². The van der Waals surface area contributed by atoms with E-state index in [4.69, 9.17) is 16.3 Å². The highest BCUT2D eigenvalue weighted by Crippen LogP contribution is 2.39. The number of alkyl halides is 3. The van der Waals surface area contributed by atoms with E-state index in [0.717, 1.165) is 22.8 Å². The summed E-state index contributed by atoms with van der Waals surface area (Å²) in [5, 5.41) is 4.87. The molecule has 0 spiro atoms. The van der Waals surface area contributed by atoms with Crippen LogP contribution in [0.2, 0.25) is 5.02 Å². The van der Waals surface area contributed by atoms with Crippen molar-refractivity contribution in [2.45, 2.75) is 33.2 Å². The first-order valence-corrected chi connectivity index (χ1v) is 12.3. The lowest BCUT2D eigenvalue weighted by molar-refractivity contribution is -0.136. The monoisotopic (exact) mass is 538 g/mol. The summed E-state index contributed by atoms with van der Waals surface area (Å²) < 4.78 is 62.8. The molecule has 0 unspecified atom stereocenters. The molecule has 0 aliphatic carbocycles. The van der Waals surface area contributed by atoms with Crippen LogP contribution >= 0.6 is 11.6 Å². The smallest absolute Gasteiger partial charge is 0.418 e. The molecule has 0 bridgehead atoms. The van der Waals surface area contributed by atoms with Crippen LogP contribution in [0.4, 0.5) is 17.6 Å². The third kappa shape index (κ3) is 5.11. The molecule has 0 fully saturated rings. The van der Waals surface area contributed by atoms with Crippen molar-refractivity contribution in [3.63, 3.8) is 0 Å². The fourth-order valence-corrected chi connectivity index (χ4v) is 4.80. The third-order valence-electron chi connectivity index (χ3n) is 6.55. The second-order valence-electron chi connectivity index (χ2n) is 9.13. The van der Waals surface area contributed by atoms with E-state index in [1.54, 1.807) is 30.3 Å². The van der Waals surface area contributed by atoms with Crippen LogP contribution in [0.25, 0.3) is 22.2 Å². The van der Waals surface area contributed by atoms with E-state index in [9.17, 15) is 17.6 Å². The van der Waals surface area contributed by atoms with Gasteiger partial charge in [-0.05, 0) is 66.4 Å². The number of fused-ring (bicyclic) bond motifs is 1. The molecule has 0 atom stereocenters. The first kappa shape index (κ1) is 25.8. The highest BCUT2D eigenvalue weighted by atomic mass is 35.5. The van der Waals surface area contributed by atoms with Crippen LogP contribution in [0.1, 0.15) is 27.8 Å². The van der Waals surface area contributed by atoms with Crippen molar-refractivity contribution in [1.82, 2.24) is 9.78 Å². The predicted octanol–water partition coefficient (Wildman–Crippen LogP) is 8.76. The molecular formula is C30H23ClF4N2O. The van der Waals surface area contributed by atoms with Crippen molar-refractivity contribution >= 4 is 22.5 Å². The van der Waals surface area contributed by atoms with Crippen molar-refractivity contribution in [2.24, 2.45) is 0 Å². The van der Waals surface area contributed by atoms with E-state index in [1.165, 1.54) is 28.9 Å². The van der Waals surface area contributed by atoms with E-state index in [2.05, 4.69) is 5.10 Å². The van der Waals surface area contributed by atoms with Crippen molar-refractivity contribution in [3.05, 3.63) is 118 Å². The minimum Gasteiger partial charge on any atom is -0.489 e. The predicted molar refractivity (Wildman–Crippen MR) is 141 cm³/mol. The Morgan fingerprint density at radius 2 is 1.61 bits per heavy atom. The Morgan fingerprint density at radius 1 is 0.895 bits per heavy atom. The maximum Gasteiger partial charge on any atom is 0.418 e. The van der Waals surface area contributed by atoms with E-state index < -0.39 is 17.6 Å². The maximum atomic E-state index is 13.9. The molecule has 3 nitrogen and oxygen atoms in total. The van der Waals surface area contributed by atoms with Gasteiger partial charge in [0.25, 0.3) is 0 Å². The lowest BCUT2D eigenvalue weighted by Crippen LogP contribution is -2.07. The van der Waals surface area contributed by atoms with Gasteiger partial charge >= 0.3 is 6.18 Å². The molecular weight excluding hydrogens is 516 g/mol. The Morgan fingerprint density at radius 3 is 2.32 bits per heavy atom. The van der Waals surface area contributed by atoms with Gasteiger partial charge in [0.05, 0.1) is 17.8 Å². The Balaban J connectivity index is 1.60. The summed E-state index contributed by atoms with van der Waals surface area (Å²) in [6.07, 6.45) is -4.58. The third-order valence-corrected chi connectivity index (χ3v) is 6.90. The van der Waals surface area contributed by atoms with Crippen LogP contribution in [0, 0.1) is 19.7 Å². The van der Waals surface area contributed by atoms with Gasteiger partial charge in [-0.1, -0.05) is 60.1 Å². The number of aryl methyl sites for hydroxylation is 2. The highest BCUT2D eigenvalue weighted by Gasteiger charge is 2.34. The summed E-state index contributed by atoms with van der Waals surface area (Å²) in [6, 6.07) is 21.1. The molecule has 4 aromatic carbocycles. The highest BCUT2D eigenvalue weighted by molar-refractivity contribution is 6.31. The summed E-state index contributed by atoms with van der Waals surface area (Å²) in [5.74, 6) is 0.0653. The molecule has 0 saturated heterocycles. The van der Waals surface area contributed by atoms with Crippen molar-refractivity contribution in [2.75, 3.05) is 0 Å². The summed E-state index contributed by atoms with van der Waals surface area (Å²) >= 11 is 6.25. The Bertz CT molecular complexity index is 1620. The molecule has 0 N–H and O–H groups in total. The molecule has 38 heavy (non-hydrogen) atoms. The zero-order valence-corrected chi connectivity index (χ0v) is 21.4. The molecule has 5 rings (SSSR count). The van der Waals surface area contributed by atoms with E-state index in [0.29, 0.717) is 34.6 Å². The fraction of sp³-hybridized carbons (Fsp3) is 0.167. The molecule has 194 valence electrons. The molecule has 0 saturated carbocycles. The van der Waals surface area contributed by atoms with Gasteiger partial charge in [-0.25, -0.2) is 4.39 Å². The molecule has 8 heteroatoms. The number of hydrogen-bond donors (Lipinski definition) is 0. The van der Waals surface area contributed by atoms with Crippen LogP contribution in [0.3, 0.4) is 0 Å². The van der Waals surface area contributed by atoms with Crippen LogP contribution in [0.5, 0.6) is 5.75 Å². The largest absolute Gasteiger partial charge is 0.489 e. The fourth-order valence-electron chi connectivity index (χ4n) is 4.58. The van der Waals surface area contributed by atoms with Gasteiger partial charge in [0.1, 0.15) is 23.7 Å². The molecule has 0 amide bonds. The van der Waals surface area contributed by atoms with Crippen molar-refractivity contribution < 1.29 is 22.3 Å². The van der Waals surface area contributed by atoms with Gasteiger partial charge in [-0.2, -0.15) is 18.3 Å². The number of rotatable bonds is 6. The number of aromatic nitrogens is 2. The first-order valence-electron chi connectivity index (χ1n) is 11.9. The number of halogens is 5. The Kier molecular flexibility index (Phi) is 6.88.